The number of nitrogens with one attached hydrogen (secondary N) is 2. The molecule has 0 radical (unpaired) electrons. The van der Waals surface area contributed by atoms with Crippen molar-refractivity contribution in [1.82, 2.24) is 25.5 Å². The van der Waals surface area contributed by atoms with Gasteiger partial charge in [0, 0.05) is 36.2 Å². The van der Waals surface area contributed by atoms with Gasteiger partial charge in [-0.3, -0.25) is 19.9 Å². The highest BCUT2D eigenvalue weighted by Crippen LogP contribution is 2.32. The minimum atomic E-state index is -0.185. The lowest BCUT2D eigenvalue weighted by Gasteiger charge is -2.30. The fourth-order valence-electron chi connectivity index (χ4n) is 4.00. The summed E-state index contributed by atoms with van der Waals surface area (Å²) >= 11 is 0. The summed E-state index contributed by atoms with van der Waals surface area (Å²) in [4.78, 5) is 21.5. The van der Waals surface area contributed by atoms with Gasteiger partial charge in [0.2, 0.25) is 0 Å². The zero-order valence-electron chi connectivity index (χ0n) is 17.9. The third-order valence-corrected chi connectivity index (χ3v) is 5.64. The minimum absolute atomic E-state index is 0. The van der Waals surface area contributed by atoms with Crippen LogP contribution < -0.4 is 5.32 Å². The molecule has 5 rings (SSSR count). The van der Waals surface area contributed by atoms with Crippen molar-refractivity contribution in [2.24, 2.45) is 0 Å². The first kappa shape index (κ1) is 22.3. The minimum Gasteiger partial charge on any atom is -0.412 e. The molecule has 33 heavy (non-hydrogen) atoms. The predicted molar refractivity (Wildman–Crippen MR) is 124 cm³/mol. The first-order valence-corrected chi connectivity index (χ1v) is 10.7. The Morgan fingerprint density at radius 2 is 1.88 bits per heavy atom. The van der Waals surface area contributed by atoms with E-state index in [9.17, 15) is 4.79 Å². The van der Waals surface area contributed by atoms with Gasteiger partial charge >= 0.3 is 0 Å². The van der Waals surface area contributed by atoms with Crippen LogP contribution in [0.1, 0.15) is 35.0 Å². The number of pyridine rings is 2. The molecule has 1 aromatic carbocycles. The molecule has 1 aliphatic heterocycles. The third-order valence-electron chi connectivity index (χ3n) is 5.64. The second kappa shape index (κ2) is 10.2. The number of carbonyl (C=O) groups is 1. The number of amides is 1. The number of aromatic amines is 1. The predicted octanol–water partition coefficient (Wildman–Crippen LogP) is 3.36. The molecule has 8 heteroatoms. The molecule has 4 aromatic rings. The summed E-state index contributed by atoms with van der Waals surface area (Å²) in [6.45, 7) is 0.571. The lowest BCUT2D eigenvalue weighted by atomic mass is 9.98. The summed E-state index contributed by atoms with van der Waals surface area (Å²) < 4.78 is 6.02. The van der Waals surface area contributed by atoms with Gasteiger partial charge in [-0.2, -0.15) is 5.10 Å². The lowest BCUT2D eigenvalue weighted by molar-refractivity contribution is -0.00149. The molecule has 1 aliphatic rings. The molecule has 8 nitrogen and oxygen atoms in total. The molecule has 0 aliphatic carbocycles. The second-order valence-corrected chi connectivity index (χ2v) is 7.76. The molecule has 4 heterocycles. The van der Waals surface area contributed by atoms with Crippen LogP contribution in [0, 0.1) is 0 Å². The zero-order chi connectivity index (χ0) is 21.8. The molecule has 1 saturated heterocycles. The number of nitrogens with zero attached hydrogens (tertiary/aromatic N) is 3. The summed E-state index contributed by atoms with van der Waals surface area (Å²) in [5.74, 6) is -0.0589. The maximum atomic E-state index is 12.6. The Bertz CT molecular complexity index is 1200. The standard InChI is InChI=1S/C25H23N5O2.H2O/c31-25(17-6-2-1-3-7-17)29-19-10-13-32-23(15-19)22-14-18(9-12-27-22)20-16-28-30-24(20)21-8-4-5-11-26-21;/h1-9,11-12,14,16,19,23H,10,13,15H2,(H,28,30)(H,29,31);1H2. The molecule has 1 amide bonds. The Balaban J connectivity index is 0.00000259. The highest BCUT2D eigenvalue weighted by atomic mass is 16.5. The molecule has 0 bridgehead atoms. The number of rotatable bonds is 5. The van der Waals surface area contributed by atoms with E-state index in [1.807, 2.05) is 60.7 Å². The van der Waals surface area contributed by atoms with Gasteiger partial charge in [-0.15, -0.1) is 0 Å². The molecule has 4 N–H and O–H groups in total. The molecule has 2 atom stereocenters. The number of carbonyl (C=O) groups excluding carboxylic acids is 1. The fourth-order valence-corrected chi connectivity index (χ4v) is 4.00. The van der Waals surface area contributed by atoms with E-state index in [0.29, 0.717) is 18.6 Å². The average molecular weight is 444 g/mol. The largest absolute Gasteiger partial charge is 0.412 e. The summed E-state index contributed by atoms with van der Waals surface area (Å²) in [7, 11) is 0. The van der Waals surface area contributed by atoms with Gasteiger partial charge in [0.05, 0.1) is 23.3 Å². The zero-order valence-corrected chi connectivity index (χ0v) is 17.9. The molecule has 168 valence electrons. The summed E-state index contributed by atoms with van der Waals surface area (Å²) in [5, 5.41) is 10.4. The van der Waals surface area contributed by atoms with E-state index < -0.39 is 0 Å². The highest BCUT2D eigenvalue weighted by molar-refractivity contribution is 5.94. The topological polar surface area (TPSA) is 124 Å². The number of ether oxygens (including phenoxy) is 1. The van der Waals surface area contributed by atoms with Crippen LogP contribution in [0.25, 0.3) is 22.5 Å². The van der Waals surface area contributed by atoms with Gasteiger partial charge in [-0.25, -0.2) is 0 Å². The van der Waals surface area contributed by atoms with Crippen molar-refractivity contribution in [1.29, 1.82) is 0 Å². The van der Waals surface area contributed by atoms with Crippen molar-refractivity contribution in [2.75, 3.05) is 6.61 Å². The molecule has 3 aromatic heterocycles. The fraction of sp³-hybridized carbons (Fsp3) is 0.200. The average Bonchev–Trinajstić information content (AvgIpc) is 3.36. The van der Waals surface area contributed by atoms with Crippen molar-refractivity contribution >= 4 is 5.91 Å². The van der Waals surface area contributed by atoms with Crippen LogP contribution in [-0.4, -0.2) is 44.2 Å². The van der Waals surface area contributed by atoms with E-state index >= 15 is 0 Å². The summed E-state index contributed by atoms with van der Waals surface area (Å²) in [6, 6.07) is 19.1. The van der Waals surface area contributed by atoms with Crippen LogP contribution in [0.2, 0.25) is 0 Å². The van der Waals surface area contributed by atoms with Crippen molar-refractivity contribution in [3.05, 3.63) is 90.5 Å². The summed E-state index contributed by atoms with van der Waals surface area (Å²) in [5.41, 5.74) is 5.14. The van der Waals surface area contributed by atoms with Gasteiger partial charge in [-0.05, 0) is 54.8 Å². The maximum Gasteiger partial charge on any atom is 0.251 e. The number of H-pyrrole nitrogens is 1. The van der Waals surface area contributed by atoms with Crippen LogP contribution >= 0.6 is 0 Å². The van der Waals surface area contributed by atoms with Crippen LogP contribution in [0.4, 0.5) is 0 Å². The van der Waals surface area contributed by atoms with E-state index in [1.54, 1.807) is 18.6 Å². The highest BCUT2D eigenvalue weighted by Gasteiger charge is 2.27. The quantitative estimate of drug-likeness (QED) is 0.489. The number of hydrogen-bond acceptors (Lipinski definition) is 5. The van der Waals surface area contributed by atoms with Gasteiger partial charge in [0.25, 0.3) is 5.91 Å². The van der Waals surface area contributed by atoms with Gasteiger partial charge in [0.15, 0.2) is 0 Å². The van der Waals surface area contributed by atoms with Crippen molar-refractivity contribution in [3.63, 3.8) is 0 Å². The SMILES string of the molecule is O.O=C(NC1CCOC(c2cc(-c3cn[nH]c3-c3ccccn3)ccn2)C1)c1ccccc1. The Labute approximate surface area is 191 Å². The monoisotopic (exact) mass is 443 g/mol. The third kappa shape index (κ3) is 4.97. The lowest BCUT2D eigenvalue weighted by Crippen LogP contribution is -2.40. The Kier molecular flexibility index (Phi) is 6.87. The molecular weight excluding hydrogens is 418 g/mol. The van der Waals surface area contributed by atoms with Crippen molar-refractivity contribution in [3.8, 4) is 22.5 Å². The van der Waals surface area contributed by atoms with Crippen LogP contribution in [-0.2, 0) is 4.74 Å². The van der Waals surface area contributed by atoms with Crippen LogP contribution in [0.3, 0.4) is 0 Å². The normalized spacial score (nSPS) is 17.7. The number of benzene rings is 1. The molecular formula is C25H25N5O3. The van der Waals surface area contributed by atoms with Gasteiger partial charge in [-0.1, -0.05) is 24.3 Å². The van der Waals surface area contributed by atoms with E-state index in [0.717, 1.165) is 34.6 Å². The first-order chi connectivity index (χ1) is 15.8. The smallest absolute Gasteiger partial charge is 0.251 e. The van der Waals surface area contributed by atoms with E-state index in [1.165, 1.54) is 0 Å². The van der Waals surface area contributed by atoms with Crippen molar-refractivity contribution < 1.29 is 15.0 Å². The van der Waals surface area contributed by atoms with Gasteiger partial charge in [0.1, 0.15) is 6.10 Å². The van der Waals surface area contributed by atoms with Gasteiger partial charge < -0.3 is 15.5 Å². The maximum absolute atomic E-state index is 12.6. The Morgan fingerprint density at radius 3 is 2.70 bits per heavy atom. The Morgan fingerprint density at radius 1 is 1.03 bits per heavy atom. The number of aromatic nitrogens is 4. The molecule has 0 spiro atoms. The second-order valence-electron chi connectivity index (χ2n) is 7.76. The molecule has 0 saturated carbocycles. The van der Waals surface area contributed by atoms with Crippen LogP contribution in [0.15, 0.2) is 79.3 Å². The van der Waals surface area contributed by atoms with E-state index in [4.69, 9.17) is 4.74 Å². The van der Waals surface area contributed by atoms with Crippen LogP contribution in [0.5, 0.6) is 0 Å². The van der Waals surface area contributed by atoms with E-state index in [-0.39, 0.29) is 23.5 Å². The Hall–Kier alpha value is -3.88. The van der Waals surface area contributed by atoms with E-state index in [2.05, 4.69) is 25.5 Å². The van der Waals surface area contributed by atoms with Crippen molar-refractivity contribution in [2.45, 2.75) is 25.0 Å². The first-order valence-electron chi connectivity index (χ1n) is 10.7. The summed E-state index contributed by atoms with van der Waals surface area (Å²) in [6.07, 6.45) is 6.62. The molecule has 1 fully saturated rings. The number of hydrogen-bond donors (Lipinski definition) is 2. The molecule has 2 unspecified atom stereocenters.